The number of methoxy groups -OCH3 is 1. The number of anilines is 2. The van der Waals surface area contributed by atoms with Crippen LogP contribution in [0.25, 0.3) is 0 Å². The monoisotopic (exact) mass is 390 g/mol. The molecule has 1 heterocycles. The fourth-order valence-electron chi connectivity index (χ4n) is 2.80. The Bertz CT molecular complexity index is 977. The largest absolute Gasteiger partial charge is 0.465 e. The zero-order chi connectivity index (χ0) is 20.5. The van der Waals surface area contributed by atoms with Crippen LogP contribution < -0.4 is 10.6 Å². The van der Waals surface area contributed by atoms with E-state index in [9.17, 15) is 9.59 Å². The average Bonchev–Trinajstić information content (AvgIpc) is 2.77. The molecule has 2 aromatic carbocycles. The van der Waals surface area contributed by atoms with Crippen molar-refractivity contribution in [2.75, 3.05) is 19.0 Å². The minimum Gasteiger partial charge on any atom is -0.465 e. The number of ether oxygens (including phenoxy) is 1. The van der Waals surface area contributed by atoms with Gasteiger partial charge in [-0.15, -0.1) is 0 Å². The van der Waals surface area contributed by atoms with E-state index in [1.807, 2.05) is 18.2 Å². The van der Waals surface area contributed by atoms with E-state index in [2.05, 4.69) is 32.7 Å². The molecule has 0 aliphatic heterocycles. The molecular weight excluding hydrogens is 368 g/mol. The number of hydrogen-bond donors (Lipinski definition) is 2. The van der Waals surface area contributed by atoms with Gasteiger partial charge in [-0.3, -0.25) is 4.79 Å². The highest BCUT2D eigenvalue weighted by Gasteiger charge is 2.13. The number of benzene rings is 2. The van der Waals surface area contributed by atoms with Crippen LogP contribution >= 0.6 is 0 Å². The smallest absolute Gasteiger partial charge is 0.339 e. The van der Waals surface area contributed by atoms with Crippen LogP contribution in [0.5, 0.6) is 0 Å². The van der Waals surface area contributed by atoms with E-state index in [-0.39, 0.29) is 11.6 Å². The number of amides is 1. The van der Waals surface area contributed by atoms with Crippen molar-refractivity contribution in [2.24, 2.45) is 0 Å². The first kappa shape index (κ1) is 20.0. The van der Waals surface area contributed by atoms with Crippen LogP contribution in [-0.4, -0.2) is 35.5 Å². The Morgan fingerprint density at radius 1 is 1.00 bits per heavy atom. The number of esters is 1. The SMILES string of the molecule is COC(=O)c1ccccc1Nc1cc(C(=O)NCCCc2ccccc2)ncn1. The number of carbonyl (C=O) groups excluding carboxylic acids is 2. The summed E-state index contributed by atoms with van der Waals surface area (Å²) in [6, 6.07) is 18.6. The molecule has 0 unspecified atom stereocenters. The van der Waals surface area contributed by atoms with Crippen molar-refractivity contribution in [1.29, 1.82) is 0 Å². The summed E-state index contributed by atoms with van der Waals surface area (Å²) in [4.78, 5) is 32.4. The molecule has 0 aliphatic rings. The van der Waals surface area contributed by atoms with Gasteiger partial charge in [0, 0.05) is 12.6 Å². The first-order valence-corrected chi connectivity index (χ1v) is 9.26. The van der Waals surface area contributed by atoms with E-state index in [4.69, 9.17) is 4.74 Å². The highest BCUT2D eigenvalue weighted by molar-refractivity contribution is 5.97. The number of carbonyl (C=O) groups is 2. The van der Waals surface area contributed by atoms with Crippen LogP contribution in [0.1, 0.15) is 32.8 Å². The summed E-state index contributed by atoms with van der Waals surface area (Å²) in [6.45, 7) is 0.547. The molecule has 3 rings (SSSR count). The molecule has 0 atom stereocenters. The molecule has 29 heavy (non-hydrogen) atoms. The molecule has 0 aliphatic carbocycles. The van der Waals surface area contributed by atoms with Gasteiger partial charge in [0.05, 0.1) is 18.4 Å². The van der Waals surface area contributed by atoms with Crippen molar-refractivity contribution in [3.63, 3.8) is 0 Å². The molecule has 7 heteroatoms. The van der Waals surface area contributed by atoms with Crippen LogP contribution in [0.3, 0.4) is 0 Å². The summed E-state index contributed by atoms with van der Waals surface area (Å²) in [5.74, 6) is -0.325. The molecule has 1 aromatic heterocycles. The van der Waals surface area contributed by atoms with Gasteiger partial charge in [-0.25, -0.2) is 14.8 Å². The summed E-state index contributed by atoms with van der Waals surface area (Å²) < 4.78 is 4.79. The second kappa shape index (κ2) is 9.98. The lowest BCUT2D eigenvalue weighted by molar-refractivity contribution is 0.0601. The van der Waals surface area contributed by atoms with Crippen LogP contribution in [0.4, 0.5) is 11.5 Å². The van der Waals surface area contributed by atoms with Crippen LogP contribution in [0.2, 0.25) is 0 Å². The zero-order valence-corrected chi connectivity index (χ0v) is 16.1. The van der Waals surface area contributed by atoms with Gasteiger partial charge in [-0.05, 0) is 30.5 Å². The van der Waals surface area contributed by atoms with Gasteiger partial charge < -0.3 is 15.4 Å². The normalized spacial score (nSPS) is 10.2. The van der Waals surface area contributed by atoms with Crippen LogP contribution in [0.15, 0.2) is 67.0 Å². The lowest BCUT2D eigenvalue weighted by Gasteiger charge is -2.10. The van der Waals surface area contributed by atoms with Gasteiger partial charge in [0.25, 0.3) is 5.91 Å². The molecule has 0 spiro atoms. The first-order valence-electron chi connectivity index (χ1n) is 9.26. The summed E-state index contributed by atoms with van der Waals surface area (Å²) in [7, 11) is 1.32. The Morgan fingerprint density at radius 3 is 2.55 bits per heavy atom. The standard InChI is InChI=1S/C22H22N4O3/c1-29-22(28)17-11-5-6-12-18(17)26-20-14-19(24-15-25-20)21(27)23-13-7-10-16-8-3-2-4-9-16/h2-6,8-9,11-12,14-15H,7,10,13H2,1H3,(H,23,27)(H,24,25,26). The summed E-state index contributed by atoms with van der Waals surface area (Å²) in [6.07, 6.45) is 3.03. The maximum Gasteiger partial charge on any atom is 0.339 e. The summed E-state index contributed by atoms with van der Waals surface area (Å²) >= 11 is 0. The second-order valence-corrected chi connectivity index (χ2v) is 6.30. The number of aromatic nitrogens is 2. The molecule has 0 fully saturated rings. The van der Waals surface area contributed by atoms with E-state index in [0.717, 1.165) is 12.8 Å². The molecule has 7 nitrogen and oxygen atoms in total. The molecule has 0 bridgehead atoms. The van der Waals surface area contributed by atoms with Crippen molar-refractivity contribution in [3.05, 3.63) is 83.8 Å². The summed E-state index contributed by atoms with van der Waals surface area (Å²) in [5.41, 5.74) is 2.39. The Hall–Kier alpha value is -3.74. The maximum atomic E-state index is 12.4. The van der Waals surface area contributed by atoms with Gasteiger partial charge in [0.2, 0.25) is 0 Å². The number of aryl methyl sites for hydroxylation is 1. The van der Waals surface area contributed by atoms with Crippen molar-refractivity contribution in [1.82, 2.24) is 15.3 Å². The lowest BCUT2D eigenvalue weighted by atomic mass is 10.1. The molecule has 2 N–H and O–H groups in total. The van der Waals surface area contributed by atoms with Crippen molar-refractivity contribution >= 4 is 23.4 Å². The quantitative estimate of drug-likeness (QED) is 0.452. The second-order valence-electron chi connectivity index (χ2n) is 6.30. The van der Waals surface area contributed by atoms with E-state index in [1.54, 1.807) is 30.3 Å². The molecule has 148 valence electrons. The Kier molecular flexibility index (Phi) is 6.89. The zero-order valence-electron chi connectivity index (χ0n) is 16.1. The van der Waals surface area contributed by atoms with Crippen LogP contribution in [-0.2, 0) is 11.2 Å². The third-order valence-corrected chi connectivity index (χ3v) is 4.27. The Balaban J connectivity index is 1.59. The van der Waals surface area contributed by atoms with Gasteiger partial charge in [-0.1, -0.05) is 42.5 Å². The van der Waals surface area contributed by atoms with Crippen LogP contribution in [0, 0.1) is 0 Å². The van der Waals surface area contributed by atoms with E-state index < -0.39 is 5.97 Å². The van der Waals surface area contributed by atoms with E-state index in [1.165, 1.54) is 19.0 Å². The minimum absolute atomic E-state index is 0.248. The fraction of sp³-hybridized carbons (Fsp3) is 0.182. The molecular formula is C22H22N4O3. The topological polar surface area (TPSA) is 93.2 Å². The number of nitrogens with zero attached hydrogens (tertiary/aromatic N) is 2. The van der Waals surface area contributed by atoms with Gasteiger partial charge in [0.15, 0.2) is 0 Å². The van der Waals surface area contributed by atoms with Gasteiger partial charge in [0.1, 0.15) is 17.8 Å². The number of nitrogens with one attached hydrogen (secondary N) is 2. The van der Waals surface area contributed by atoms with E-state index in [0.29, 0.717) is 23.6 Å². The van der Waals surface area contributed by atoms with Gasteiger partial charge in [-0.2, -0.15) is 0 Å². The third-order valence-electron chi connectivity index (χ3n) is 4.27. The Morgan fingerprint density at radius 2 is 1.76 bits per heavy atom. The minimum atomic E-state index is -0.460. The predicted molar refractivity (Wildman–Crippen MR) is 110 cm³/mol. The average molecular weight is 390 g/mol. The molecule has 1 amide bonds. The number of hydrogen-bond acceptors (Lipinski definition) is 6. The van der Waals surface area contributed by atoms with E-state index >= 15 is 0 Å². The summed E-state index contributed by atoms with van der Waals surface area (Å²) in [5, 5.41) is 5.91. The number of rotatable bonds is 8. The van der Waals surface area contributed by atoms with Crippen molar-refractivity contribution in [3.8, 4) is 0 Å². The predicted octanol–water partition coefficient (Wildman–Crippen LogP) is 3.37. The molecule has 0 saturated carbocycles. The first-order chi connectivity index (χ1) is 14.2. The highest BCUT2D eigenvalue weighted by Crippen LogP contribution is 2.20. The molecule has 3 aromatic rings. The fourth-order valence-corrected chi connectivity index (χ4v) is 2.80. The van der Waals surface area contributed by atoms with Gasteiger partial charge >= 0.3 is 5.97 Å². The third kappa shape index (κ3) is 5.62. The van der Waals surface area contributed by atoms with Crippen molar-refractivity contribution in [2.45, 2.75) is 12.8 Å². The Labute approximate surface area is 169 Å². The molecule has 0 saturated heterocycles. The van der Waals surface area contributed by atoms with Crippen molar-refractivity contribution < 1.29 is 14.3 Å². The number of para-hydroxylation sites is 1. The lowest BCUT2D eigenvalue weighted by Crippen LogP contribution is -2.25. The maximum absolute atomic E-state index is 12.4. The molecule has 0 radical (unpaired) electrons. The highest BCUT2D eigenvalue weighted by atomic mass is 16.5.